The minimum Gasteiger partial charge on any atom is -0.493 e. The lowest BCUT2D eigenvalue weighted by atomic mass is 10.2. The SMILES string of the molecule is COc1cc(/C=N/NC(=O)c2ccccc2NS(=O)(=O)c2ccc(Cl)cc2)ccc1OC(=O)c1ccc(Cl)cc1Cl. The minimum absolute atomic E-state index is 0.0190. The maximum absolute atomic E-state index is 12.8. The fraction of sp³-hybridized carbons (Fsp3) is 0.0357. The first-order valence-electron chi connectivity index (χ1n) is 11.6. The summed E-state index contributed by atoms with van der Waals surface area (Å²) in [6.45, 7) is 0. The minimum atomic E-state index is -3.98. The number of nitrogens with zero attached hydrogens (tertiary/aromatic N) is 1. The first-order chi connectivity index (χ1) is 19.6. The van der Waals surface area contributed by atoms with Crippen molar-refractivity contribution < 1.29 is 27.5 Å². The second-order valence-electron chi connectivity index (χ2n) is 8.23. The Morgan fingerprint density at radius 3 is 2.24 bits per heavy atom. The lowest BCUT2D eigenvalue weighted by Gasteiger charge is -2.12. The second kappa shape index (κ2) is 13.0. The maximum atomic E-state index is 12.8. The van der Waals surface area contributed by atoms with Crippen LogP contribution in [0, 0.1) is 0 Å². The van der Waals surface area contributed by atoms with E-state index >= 15 is 0 Å². The Labute approximate surface area is 250 Å². The van der Waals surface area contributed by atoms with Crippen molar-refractivity contribution in [1.82, 2.24) is 5.43 Å². The summed E-state index contributed by atoms with van der Waals surface area (Å²) in [4.78, 5) is 25.4. The average Bonchev–Trinajstić information content (AvgIpc) is 2.94. The third-order valence-corrected chi connectivity index (χ3v) is 7.64. The van der Waals surface area contributed by atoms with Crippen LogP contribution < -0.4 is 19.6 Å². The van der Waals surface area contributed by atoms with Crippen molar-refractivity contribution in [1.29, 1.82) is 0 Å². The number of halogens is 3. The van der Waals surface area contributed by atoms with E-state index in [1.807, 2.05) is 0 Å². The lowest BCUT2D eigenvalue weighted by molar-refractivity contribution is 0.0729. The summed E-state index contributed by atoms with van der Waals surface area (Å²) in [6, 6.07) is 20.7. The normalized spacial score (nSPS) is 11.2. The molecule has 13 heteroatoms. The number of carbonyl (C=O) groups is 2. The Morgan fingerprint density at radius 2 is 1.54 bits per heavy atom. The molecule has 0 heterocycles. The zero-order valence-electron chi connectivity index (χ0n) is 21.1. The lowest BCUT2D eigenvalue weighted by Crippen LogP contribution is -2.21. The number of benzene rings is 4. The highest BCUT2D eigenvalue weighted by Gasteiger charge is 2.19. The van der Waals surface area contributed by atoms with E-state index in [9.17, 15) is 18.0 Å². The summed E-state index contributed by atoms with van der Waals surface area (Å²) in [6.07, 6.45) is 1.34. The van der Waals surface area contributed by atoms with Crippen LogP contribution in [0.25, 0.3) is 0 Å². The number of hydrazone groups is 1. The van der Waals surface area contributed by atoms with Crippen LogP contribution in [0.2, 0.25) is 15.1 Å². The van der Waals surface area contributed by atoms with Gasteiger partial charge in [0.05, 0.1) is 40.1 Å². The van der Waals surface area contributed by atoms with Crippen molar-refractivity contribution in [2.24, 2.45) is 5.10 Å². The first kappa shape index (κ1) is 29.9. The van der Waals surface area contributed by atoms with Crippen LogP contribution in [0.3, 0.4) is 0 Å². The number of anilines is 1. The predicted octanol–water partition coefficient (Wildman–Crippen LogP) is 6.44. The van der Waals surface area contributed by atoms with Crippen LogP contribution in [0.5, 0.6) is 11.5 Å². The fourth-order valence-electron chi connectivity index (χ4n) is 3.47. The quantitative estimate of drug-likeness (QED) is 0.0948. The molecule has 0 unspecified atom stereocenters. The first-order valence-corrected chi connectivity index (χ1v) is 14.2. The molecule has 4 aromatic rings. The molecule has 0 aliphatic rings. The number of hydrogen-bond acceptors (Lipinski definition) is 7. The molecule has 0 aliphatic heterocycles. The van der Waals surface area contributed by atoms with E-state index in [1.165, 1.54) is 80.1 Å². The number of amides is 1. The summed E-state index contributed by atoms with van der Waals surface area (Å²) < 4.78 is 38.7. The molecular weight excluding hydrogens is 613 g/mol. The molecule has 0 aliphatic carbocycles. The summed E-state index contributed by atoms with van der Waals surface area (Å²) in [7, 11) is -2.59. The molecule has 0 aromatic heterocycles. The van der Waals surface area contributed by atoms with Crippen molar-refractivity contribution in [2.75, 3.05) is 11.8 Å². The Balaban J connectivity index is 1.45. The molecule has 0 spiro atoms. The highest BCUT2D eigenvalue weighted by atomic mass is 35.5. The number of para-hydroxylation sites is 1. The average molecular weight is 633 g/mol. The number of ether oxygens (including phenoxy) is 2. The van der Waals surface area contributed by atoms with Gasteiger partial charge in [0.25, 0.3) is 15.9 Å². The molecule has 2 N–H and O–H groups in total. The zero-order chi connectivity index (χ0) is 29.6. The van der Waals surface area contributed by atoms with Gasteiger partial charge in [-0.3, -0.25) is 9.52 Å². The van der Waals surface area contributed by atoms with Crippen LogP contribution in [-0.4, -0.2) is 33.6 Å². The smallest absolute Gasteiger partial charge is 0.345 e. The third kappa shape index (κ3) is 7.56. The Morgan fingerprint density at radius 1 is 0.829 bits per heavy atom. The molecule has 1 amide bonds. The van der Waals surface area contributed by atoms with Gasteiger partial charge in [0.2, 0.25) is 0 Å². The largest absolute Gasteiger partial charge is 0.493 e. The van der Waals surface area contributed by atoms with Gasteiger partial charge in [-0.15, -0.1) is 0 Å². The molecule has 4 rings (SSSR count). The molecule has 0 fully saturated rings. The van der Waals surface area contributed by atoms with Crippen LogP contribution in [0.4, 0.5) is 5.69 Å². The van der Waals surface area contributed by atoms with Gasteiger partial charge in [0.15, 0.2) is 11.5 Å². The van der Waals surface area contributed by atoms with Crippen LogP contribution in [0.1, 0.15) is 26.3 Å². The number of methoxy groups -OCH3 is 1. The number of hydrogen-bond donors (Lipinski definition) is 2. The Hall–Kier alpha value is -4.09. The van der Waals surface area contributed by atoms with E-state index in [0.717, 1.165) is 0 Å². The number of sulfonamides is 1. The van der Waals surface area contributed by atoms with Crippen LogP contribution in [0.15, 0.2) is 94.9 Å². The molecular formula is C28H20Cl3N3O6S. The molecule has 0 radical (unpaired) electrons. The second-order valence-corrected chi connectivity index (χ2v) is 11.2. The highest BCUT2D eigenvalue weighted by Crippen LogP contribution is 2.30. The summed E-state index contributed by atoms with van der Waals surface area (Å²) in [5, 5.41) is 4.85. The molecule has 0 saturated carbocycles. The van der Waals surface area contributed by atoms with Crippen molar-refractivity contribution in [2.45, 2.75) is 4.90 Å². The predicted molar refractivity (Wildman–Crippen MR) is 158 cm³/mol. The zero-order valence-corrected chi connectivity index (χ0v) is 24.2. The monoisotopic (exact) mass is 631 g/mol. The van der Waals surface area contributed by atoms with E-state index in [2.05, 4.69) is 15.2 Å². The molecule has 210 valence electrons. The van der Waals surface area contributed by atoms with Gasteiger partial charge in [0, 0.05) is 10.0 Å². The number of nitrogens with one attached hydrogen (secondary N) is 2. The molecule has 41 heavy (non-hydrogen) atoms. The molecule has 0 saturated heterocycles. The van der Waals surface area contributed by atoms with Crippen molar-refractivity contribution >= 4 is 68.6 Å². The van der Waals surface area contributed by atoms with Gasteiger partial charge in [-0.05, 0) is 78.4 Å². The third-order valence-electron chi connectivity index (χ3n) is 5.46. The van der Waals surface area contributed by atoms with Crippen molar-refractivity contribution in [3.63, 3.8) is 0 Å². The van der Waals surface area contributed by atoms with E-state index < -0.39 is 21.9 Å². The van der Waals surface area contributed by atoms with Gasteiger partial charge in [-0.1, -0.05) is 46.9 Å². The van der Waals surface area contributed by atoms with Gasteiger partial charge >= 0.3 is 5.97 Å². The van der Waals surface area contributed by atoms with E-state index in [1.54, 1.807) is 18.2 Å². The van der Waals surface area contributed by atoms with Gasteiger partial charge in [-0.25, -0.2) is 18.6 Å². The Kier molecular flexibility index (Phi) is 9.51. The van der Waals surface area contributed by atoms with Crippen LogP contribution in [-0.2, 0) is 10.0 Å². The summed E-state index contributed by atoms with van der Waals surface area (Å²) in [5.74, 6) is -1.01. The summed E-state index contributed by atoms with van der Waals surface area (Å²) >= 11 is 17.8. The molecule has 9 nitrogen and oxygen atoms in total. The Bertz CT molecular complexity index is 1750. The summed E-state index contributed by atoms with van der Waals surface area (Å²) in [5.41, 5.74) is 3.10. The van der Waals surface area contributed by atoms with Crippen molar-refractivity contribution in [3.05, 3.63) is 117 Å². The van der Waals surface area contributed by atoms with Crippen molar-refractivity contribution in [3.8, 4) is 11.5 Å². The number of esters is 1. The van der Waals surface area contributed by atoms with Gasteiger partial charge in [0.1, 0.15) is 0 Å². The fourth-order valence-corrected chi connectivity index (χ4v) is 5.16. The van der Waals surface area contributed by atoms with Crippen LogP contribution >= 0.6 is 34.8 Å². The van der Waals surface area contributed by atoms with Gasteiger partial charge in [-0.2, -0.15) is 5.10 Å². The van der Waals surface area contributed by atoms with E-state index in [4.69, 9.17) is 44.3 Å². The standard InChI is InChI=1S/C28H20Cl3N3O6S/c1-39-26-14-17(6-13-25(26)40-28(36)21-12-9-19(30)15-23(21)31)16-32-33-27(35)22-4-2-3-5-24(22)34-41(37,38)20-10-7-18(29)8-11-20/h2-16,34H,1H3,(H,33,35)/b32-16+. The maximum Gasteiger partial charge on any atom is 0.345 e. The number of carbonyl (C=O) groups excluding carboxylic acids is 2. The molecule has 4 aromatic carbocycles. The van der Waals surface area contributed by atoms with E-state index in [0.29, 0.717) is 15.6 Å². The van der Waals surface area contributed by atoms with E-state index in [-0.39, 0.29) is 38.2 Å². The topological polar surface area (TPSA) is 123 Å². The molecule has 0 atom stereocenters. The van der Waals surface area contributed by atoms with Gasteiger partial charge < -0.3 is 9.47 Å². The molecule has 0 bridgehead atoms. The highest BCUT2D eigenvalue weighted by molar-refractivity contribution is 7.92. The number of rotatable bonds is 9.